The van der Waals surface area contributed by atoms with Crippen LogP contribution in [0.15, 0.2) is 103 Å². The Morgan fingerprint density at radius 3 is 1.43 bits per heavy atom. The van der Waals surface area contributed by atoms with Crippen molar-refractivity contribution in [2.75, 3.05) is 0 Å². The summed E-state index contributed by atoms with van der Waals surface area (Å²) in [5, 5.41) is 0. The number of rotatable bonds is 29. The lowest BCUT2D eigenvalue weighted by Gasteiger charge is -2.09. The normalized spacial score (nSPS) is 11.3. The van der Waals surface area contributed by atoms with E-state index in [9.17, 15) is 4.79 Å². The van der Waals surface area contributed by atoms with Gasteiger partial charge in [0.05, 0.1) is 22.1 Å². The lowest BCUT2D eigenvalue weighted by atomic mass is 9.97. The molecule has 0 spiro atoms. The van der Waals surface area contributed by atoms with E-state index in [0.29, 0.717) is 65.0 Å². The van der Waals surface area contributed by atoms with Gasteiger partial charge in [-0.1, -0.05) is 318 Å². The number of Topliss-reactive ketones (excluding diaryl/α,β-unsaturated/α-hetero) is 1. The Bertz CT molecular complexity index is 3490. The summed E-state index contributed by atoms with van der Waals surface area (Å²) >= 11 is 0. The van der Waals surface area contributed by atoms with Crippen molar-refractivity contribution in [1.82, 2.24) is 34.5 Å². The minimum atomic E-state index is 0. The third-order valence-electron chi connectivity index (χ3n) is 18.1. The number of nitrogens with zero attached hydrogens (tertiary/aromatic N) is 6. The predicted octanol–water partition coefficient (Wildman–Crippen LogP) is 31.5. The van der Waals surface area contributed by atoms with Crippen molar-refractivity contribution < 1.29 is 4.79 Å². The van der Waals surface area contributed by atoms with Crippen LogP contribution in [0.3, 0.4) is 0 Å². The number of hydrogen-bond donors (Lipinski definition) is 1. The van der Waals surface area contributed by atoms with Gasteiger partial charge in [0.2, 0.25) is 0 Å². The molecule has 0 atom stereocenters. The summed E-state index contributed by atoms with van der Waals surface area (Å²) < 4.78 is 2.27. The molecule has 1 aromatic carbocycles. The van der Waals surface area contributed by atoms with Crippen molar-refractivity contribution in [3.05, 3.63) is 160 Å². The van der Waals surface area contributed by atoms with E-state index < -0.39 is 0 Å². The second-order valence-electron chi connectivity index (χ2n) is 38.1. The van der Waals surface area contributed by atoms with Gasteiger partial charge in [0, 0.05) is 84.2 Å². The van der Waals surface area contributed by atoms with E-state index in [4.69, 9.17) is 4.98 Å². The standard InChI is InChI=1S/C15H22N2.C14H20N2.C13H21N.C13H20.C12H20N2.C9H18O.C9H20.C9H18.C9H16.CH4/c1-10(2)8-12-9-14-15(17(12)5)7-6-13(16-14)11(3)4;1-9(2)7-11-8-14-13(15-11)6-5-12(16-14)10(3)4;1-10(2)8-9-12-6-5-7-13(14-12)11(3)4;1-10(2)8-12-6-5-7-13(9-12)11(3)4;1-9(2)5-6-12-13-8-7-11(14-12)10(3)4;1-7(2)5-6-9(10)8(3)4;3*1-8(2)6-5-7-9(3)4;/h6-7,9-11H,8H2,1-5H3;5-6,8-10,15H,7H2,1-4H3;5-7,10-11H,8-9H2,1-4H3;5-7,9-11H,8H2,1-4H3;7-10H,5-6H2,1-4H3;7-8H,5-6H2,1-4H3;8-9H,5-7H2,1-4H3;5-6,8-9H,7H2,1-4H3;8-9H,6H2,1-4H3;1H4/b;;;;;;;6-5+;;. The second kappa shape index (κ2) is 62.1. The Labute approximate surface area is 695 Å². The predicted molar refractivity (Wildman–Crippen MR) is 502 cm³/mol. The molecule has 8 heteroatoms. The van der Waals surface area contributed by atoms with Crippen LogP contribution in [0, 0.1) is 88.8 Å². The first-order valence-electron chi connectivity index (χ1n) is 44.2. The van der Waals surface area contributed by atoms with Gasteiger partial charge in [0.15, 0.2) is 0 Å². The topological polar surface area (TPSA) is 102 Å². The molecule has 0 bridgehead atoms. The highest BCUT2D eigenvalue weighted by Gasteiger charge is 2.13. The molecule has 6 aromatic heterocycles. The molecule has 0 saturated carbocycles. The third-order valence-corrected chi connectivity index (χ3v) is 18.1. The number of allylic oxidation sites excluding steroid dienone is 2. The van der Waals surface area contributed by atoms with Crippen LogP contribution >= 0.6 is 0 Å². The van der Waals surface area contributed by atoms with Gasteiger partial charge >= 0.3 is 0 Å². The van der Waals surface area contributed by atoms with Crippen LogP contribution in [-0.4, -0.2) is 40.3 Å². The molecule has 7 aromatic rings. The largest absolute Gasteiger partial charge is 0.357 e. The minimum Gasteiger partial charge on any atom is -0.357 e. The van der Waals surface area contributed by atoms with E-state index in [2.05, 4.69) is 375 Å². The van der Waals surface area contributed by atoms with E-state index in [0.717, 1.165) is 114 Å². The molecule has 0 amide bonds. The van der Waals surface area contributed by atoms with Gasteiger partial charge in [-0.2, -0.15) is 0 Å². The highest BCUT2D eigenvalue weighted by atomic mass is 16.1. The quantitative estimate of drug-likeness (QED) is 0.0370. The number of ketones is 1. The van der Waals surface area contributed by atoms with Gasteiger partial charge in [0.1, 0.15) is 11.6 Å². The zero-order chi connectivity index (χ0) is 85.2. The number of nitrogens with one attached hydrogen (secondary N) is 1. The zero-order valence-electron chi connectivity index (χ0n) is 79.2. The van der Waals surface area contributed by atoms with E-state index in [1.165, 1.54) is 95.8 Å². The Morgan fingerprint density at radius 2 is 0.955 bits per heavy atom. The van der Waals surface area contributed by atoms with Crippen molar-refractivity contribution in [2.24, 2.45) is 84.0 Å². The molecule has 7 rings (SSSR count). The number of carbonyl (C=O) groups is 1. The Morgan fingerprint density at radius 1 is 0.455 bits per heavy atom. The zero-order valence-corrected chi connectivity index (χ0v) is 79.2. The summed E-state index contributed by atoms with van der Waals surface area (Å²) in [6.07, 6.45) is 22.6. The number of aromatic amines is 1. The Balaban J connectivity index is -0.00000120. The van der Waals surface area contributed by atoms with Gasteiger partial charge in [-0.05, 0) is 212 Å². The number of pyridine rings is 3. The molecule has 0 saturated heterocycles. The van der Waals surface area contributed by atoms with Crippen LogP contribution in [0.1, 0.15) is 401 Å². The average Bonchev–Trinajstić information content (AvgIpc) is 1.66. The lowest BCUT2D eigenvalue weighted by molar-refractivity contribution is -0.122. The number of hydrogen-bond acceptors (Lipinski definition) is 6. The molecule has 1 N–H and O–H groups in total. The maximum atomic E-state index is 11.0. The summed E-state index contributed by atoms with van der Waals surface area (Å²) in [5.74, 6) is 19.3. The molecular weight excluding hydrogens is 1360 g/mol. The number of H-pyrrole nitrogens is 1. The van der Waals surface area contributed by atoms with Crippen molar-refractivity contribution in [3.8, 4) is 11.8 Å². The number of benzene rings is 1. The van der Waals surface area contributed by atoms with E-state index >= 15 is 0 Å². The van der Waals surface area contributed by atoms with Crippen molar-refractivity contribution in [1.29, 1.82) is 0 Å². The average molecular weight is 1540 g/mol. The maximum Gasteiger partial charge on any atom is 0.135 e. The summed E-state index contributed by atoms with van der Waals surface area (Å²) in [6.45, 7) is 79.3. The van der Waals surface area contributed by atoms with Crippen LogP contribution in [0.4, 0.5) is 0 Å². The SMILES string of the molecule is C.CC(C)/C=C/CC(C)C.CC(C)C#CCC(C)C.CC(C)CCC(=O)C(C)C.CC(C)CCCC(C)C.CC(C)CCc1cccc(C(C)C)n1.CC(C)CCc1nccc(C(C)C)n1.CC(C)Cc1cc2nc(C(C)C)ccc2[nH]1.CC(C)Cc1cc2nc(C(C)C)ccc2n1C.CC(C)Cc1cccc(C(C)C)c1. The summed E-state index contributed by atoms with van der Waals surface area (Å²) in [7, 11) is 2.14. The molecule has 0 unspecified atom stereocenters. The van der Waals surface area contributed by atoms with Crippen LogP contribution in [0.5, 0.6) is 0 Å². The van der Waals surface area contributed by atoms with E-state index in [1.54, 1.807) is 0 Å². The first kappa shape index (κ1) is 110. The fraction of sp³-hybridized carbons (Fsp3) is 0.673. The maximum absolute atomic E-state index is 11.0. The van der Waals surface area contributed by atoms with E-state index in [-0.39, 0.29) is 13.3 Å². The van der Waals surface area contributed by atoms with Crippen LogP contribution in [0.2, 0.25) is 0 Å². The molecular formula is C104H179N7O. The highest BCUT2D eigenvalue weighted by Crippen LogP contribution is 2.25. The second-order valence-corrected chi connectivity index (χ2v) is 38.1. The van der Waals surface area contributed by atoms with Gasteiger partial charge in [-0.25, -0.2) is 9.97 Å². The molecule has 0 radical (unpaired) electrons. The smallest absolute Gasteiger partial charge is 0.135 e. The van der Waals surface area contributed by atoms with E-state index in [1.807, 2.05) is 26.1 Å². The van der Waals surface area contributed by atoms with Crippen molar-refractivity contribution >= 4 is 27.9 Å². The van der Waals surface area contributed by atoms with Gasteiger partial charge in [0.25, 0.3) is 0 Å². The number of carbonyl (C=O) groups excluding carboxylic acids is 1. The van der Waals surface area contributed by atoms with Gasteiger partial charge in [-0.15, -0.1) is 11.8 Å². The Kier molecular flexibility index (Phi) is 61.0. The van der Waals surface area contributed by atoms with Crippen molar-refractivity contribution in [2.45, 2.75) is 376 Å². The molecule has 0 aliphatic rings. The number of aryl methyl sites for hydroxylation is 3. The molecule has 0 aliphatic carbocycles. The molecule has 8 nitrogen and oxygen atoms in total. The first-order valence-corrected chi connectivity index (χ1v) is 44.2. The fourth-order valence-electron chi connectivity index (χ4n) is 11.1. The summed E-state index contributed by atoms with van der Waals surface area (Å²) in [4.78, 5) is 37.4. The number of fused-ring (bicyclic) bond motifs is 2. The van der Waals surface area contributed by atoms with Crippen LogP contribution in [0.25, 0.3) is 22.1 Å². The molecule has 636 valence electrons. The molecule has 6 heterocycles. The monoisotopic (exact) mass is 1540 g/mol. The third kappa shape index (κ3) is 56.9. The van der Waals surface area contributed by atoms with Gasteiger partial charge in [-0.3, -0.25) is 19.7 Å². The molecule has 0 aliphatic heterocycles. The van der Waals surface area contributed by atoms with Gasteiger partial charge < -0.3 is 9.55 Å². The summed E-state index contributed by atoms with van der Waals surface area (Å²) in [5.41, 5.74) is 16.2. The van der Waals surface area contributed by atoms with Crippen LogP contribution in [-0.2, 0) is 43.9 Å². The minimum absolute atomic E-state index is 0. The molecule has 112 heavy (non-hydrogen) atoms. The highest BCUT2D eigenvalue weighted by molar-refractivity contribution is 5.80. The first-order chi connectivity index (χ1) is 51.7. The van der Waals surface area contributed by atoms with Crippen LogP contribution < -0.4 is 0 Å². The van der Waals surface area contributed by atoms with Crippen molar-refractivity contribution in [3.63, 3.8) is 0 Å². The Hall–Kier alpha value is -6.20. The number of aromatic nitrogens is 7. The molecule has 0 fully saturated rings. The lowest BCUT2D eigenvalue weighted by Crippen LogP contribution is -2.07. The summed E-state index contributed by atoms with van der Waals surface area (Å²) in [6, 6.07) is 30.3. The fourth-order valence-corrected chi connectivity index (χ4v) is 11.1.